The maximum Gasteiger partial charge on any atom is 0.242 e. The van der Waals surface area contributed by atoms with E-state index in [0.29, 0.717) is 0 Å². The third kappa shape index (κ3) is 6.41. The van der Waals surface area contributed by atoms with Crippen molar-refractivity contribution < 1.29 is 4.79 Å². The zero-order valence-electron chi connectivity index (χ0n) is 14.8. The number of piperidine rings is 1. The minimum absolute atomic E-state index is 0. The average Bonchev–Trinajstić information content (AvgIpc) is 2.93. The Kier molecular flexibility index (Phi) is 10.7. The number of rotatable bonds is 6. The van der Waals surface area contributed by atoms with Crippen molar-refractivity contribution in [3.05, 3.63) is 0 Å². The molecule has 0 aromatic rings. The molecular weight excluding hydrogens is 333 g/mol. The fraction of sp³-hybridized carbons (Fsp3) is 0.941. The van der Waals surface area contributed by atoms with Gasteiger partial charge in [0.1, 0.15) is 0 Å². The lowest BCUT2D eigenvalue weighted by molar-refractivity contribution is -0.138. The van der Waals surface area contributed by atoms with Crippen LogP contribution < -0.4 is 5.73 Å². The largest absolute Gasteiger partial charge is 0.341 e. The van der Waals surface area contributed by atoms with Crippen LogP contribution in [0.15, 0.2) is 0 Å². The minimum atomic E-state index is -0.537. The number of likely N-dealkylation sites (tertiary alicyclic amines) is 1. The molecule has 1 aliphatic heterocycles. The molecule has 1 heterocycles. The smallest absolute Gasteiger partial charge is 0.242 e. The van der Waals surface area contributed by atoms with E-state index in [1.807, 2.05) is 4.90 Å². The summed E-state index contributed by atoms with van der Waals surface area (Å²) in [4.78, 5) is 17.1. The Morgan fingerprint density at radius 2 is 1.78 bits per heavy atom. The van der Waals surface area contributed by atoms with Gasteiger partial charge in [0.25, 0.3) is 0 Å². The standard InChI is InChI=1S/C17H33N3O.2ClH/c1-3-4-11-19(2)14-15-7-12-20(13-8-15)16(21)17(18)9-5-6-10-17;;/h15H,3-14,18H2,1-2H3;2*1H. The third-order valence-electron chi connectivity index (χ3n) is 5.29. The normalized spacial score (nSPS) is 21.0. The lowest BCUT2D eigenvalue weighted by atomic mass is 9.92. The molecule has 0 aromatic heterocycles. The molecule has 1 aliphatic carbocycles. The summed E-state index contributed by atoms with van der Waals surface area (Å²) in [6, 6.07) is 0. The number of hydrogen-bond donors (Lipinski definition) is 1. The van der Waals surface area contributed by atoms with Gasteiger partial charge in [0.2, 0.25) is 5.91 Å². The molecule has 6 heteroatoms. The summed E-state index contributed by atoms with van der Waals surface area (Å²) in [5, 5.41) is 0. The van der Waals surface area contributed by atoms with Gasteiger partial charge in [-0.15, -0.1) is 24.8 Å². The molecule has 0 spiro atoms. The van der Waals surface area contributed by atoms with Crippen LogP contribution in [0.5, 0.6) is 0 Å². The topological polar surface area (TPSA) is 49.6 Å². The summed E-state index contributed by atoms with van der Waals surface area (Å²) in [6.07, 6.45) is 8.80. The fourth-order valence-electron chi connectivity index (χ4n) is 3.81. The molecule has 4 nitrogen and oxygen atoms in total. The lowest BCUT2D eigenvalue weighted by Gasteiger charge is -2.37. The molecule has 138 valence electrons. The van der Waals surface area contributed by atoms with Gasteiger partial charge in [-0.25, -0.2) is 0 Å². The van der Waals surface area contributed by atoms with Crippen molar-refractivity contribution in [3.8, 4) is 0 Å². The predicted octanol–water partition coefficient (Wildman–Crippen LogP) is 3.07. The first-order chi connectivity index (χ1) is 10.0. The zero-order chi connectivity index (χ0) is 15.3. The van der Waals surface area contributed by atoms with Gasteiger partial charge in [0.15, 0.2) is 0 Å². The van der Waals surface area contributed by atoms with Crippen LogP contribution in [0.4, 0.5) is 0 Å². The molecule has 1 saturated carbocycles. The van der Waals surface area contributed by atoms with Crippen molar-refractivity contribution in [1.82, 2.24) is 9.80 Å². The minimum Gasteiger partial charge on any atom is -0.341 e. The van der Waals surface area contributed by atoms with Crippen molar-refractivity contribution in [3.63, 3.8) is 0 Å². The number of unbranched alkanes of at least 4 members (excludes halogenated alkanes) is 1. The molecule has 1 amide bonds. The molecule has 2 rings (SSSR count). The van der Waals surface area contributed by atoms with E-state index in [4.69, 9.17) is 5.73 Å². The monoisotopic (exact) mass is 367 g/mol. The molecule has 0 aromatic carbocycles. The van der Waals surface area contributed by atoms with E-state index in [9.17, 15) is 4.79 Å². The summed E-state index contributed by atoms with van der Waals surface area (Å²) in [5.41, 5.74) is 5.77. The van der Waals surface area contributed by atoms with Gasteiger partial charge in [-0.3, -0.25) is 4.79 Å². The van der Waals surface area contributed by atoms with Crippen LogP contribution >= 0.6 is 24.8 Å². The van der Waals surface area contributed by atoms with Crippen LogP contribution in [0.2, 0.25) is 0 Å². The second kappa shape index (κ2) is 10.8. The maximum absolute atomic E-state index is 12.6. The van der Waals surface area contributed by atoms with E-state index in [1.165, 1.54) is 25.9 Å². The van der Waals surface area contributed by atoms with Crippen LogP contribution in [0.3, 0.4) is 0 Å². The van der Waals surface area contributed by atoms with E-state index >= 15 is 0 Å². The van der Waals surface area contributed by atoms with Gasteiger partial charge in [0, 0.05) is 19.6 Å². The summed E-state index contributed by atoms with van der Waals surface area (Å²) in [6.45, 7) is 6.43. The second-order valence-electron chi connectivity index (χ2n) is 7.21. The summed E-state index contributed by atoms with van der Waals surface area (Å²) in [7, 11) is 2.22. The second-order valence-corrected chi connectivity index (χ2v) is 7.21. The number of amides is 1. The average molecular weight is 368 g/mol. The molecule has 2 fully saturated rings. The summed E-state index contributed by atoms with van der Waals surface area (Å²) < 4.78 is 0. The Morgan fingerprint density at radius 1 is 1.22 bits per heavy atom. The van der Waals surface area contributed by atoms with E-state index in [1.54, 1.807) is 0 Å². The maximum atomic E-state index is 12.6. The quantitative estimate of drug-likeness (QED) is 0.784. The number of nitrogens with two attached hydrogens (primary N) is 1. The van der Waals surface area contributed by atoms with Gasteiger partial charge in [0.05, 0.1) is 5.54 Å². The van der Waals surface area contributed by atoms with Gasteiger partial charge < -0.3 is 15.5 Å². The highest BCUT2D eigenvalue weighted by Gasteiger charge is 2.40. The highest BCUT2D eigenvalue weighted by atomic mass is 35.5. The highest BCUT2D eigenvalue weighted by Crippen LogP contribution is 2.30. The molecule has 2 aliphatic rings. The molecule has 1 saturated heterocycles. The Morgan fingerprint density at radius 3 is 2.30 bits per heavy atom. The van der Waals surface area contributed by atoms with Gasteiger partial charge in [-0.2, -0.15) is 0 Å². The Balaban J connectivity index is 0.00000242. The van der Waals surface area contributed by atoms with Crippen LogP contribution in [0, 0.1) is 5.92 Å². The number of nitrogens with zero attached hydrogens (tertiary/aromatic N) is 2. The Bertz CT molecular complexity index is 341. The Hall–Kier alpha value is -0.0300. The van der Waals surface area contributed by atoms with E-state index < -0.39 is 5.54 Å². The summed E-state index contributed by atoms with van der Waals surface area (Å²) in [5.74, 6) is 0.964. The van der Waals surface area contributed by atoms with E-state index in [0.717, 1.165) is 57.5 Å². The highest BCUT2D eigenvalue weighted by molar-refractivity contribution is 5.86. The first-order valence-electron chi connectivity index (χ1n) is 8.82. The molecule has 0 atom stereocenters. The van der Waals surface area contributed by atoms with Crippen LogP contribution in [0.1, 0.15) is 58.3 Å². The van der Waals surface area contributed by atoms with Gasteiger partial charge in [-0.05, 0) is 51.6 Å². The lowest BCUT2D eigenvalue weighted by Crippen LogP contribution is -2.55. The zero-order valence-corrected chi connectivity index (χ0v) is 16.4. The van der Waals surface area contributed by atoms with E-state index in [2.05, 4.69) is 18.9 Å². The number of carbonyl (C=O) groups is 1. The van der Waals surface area contributed by atoms with Crippen molar-refractivity contribution in [2.24, 2.45) is 11.7 Å². The number of hydrogen-bond acceptors (Lipinski definition) is 3. The molecule has 0 bridgehead atoms. The molecule has 0 radical (unpaired) electrons. The third-order valence-corrected chi connectivity index (χ3v) is 5.29. The molecular formula is C17H35Cl2N3O. The van der Waals surface area contributed by atoms with Crippen molar-refractivity contribution in [2.45, 2.75) is 63.8 Å². The molecule has 0 unspecified atom stereocenters. The van der Waals surface area contributed by atoms with Crippen molar-refractivity contribution in [1.29, 1.82) is 0 Å². The first-order valence-corrected chi connectivity index (χ1v) is 8.82. The van der Waals surface area contributed by atoms with Gasteiger partial charge in [-0.1, -0.05) is 26.2 Å². The van der Waals surface area contributed by atoms with Crippen molar-refractivity contribution >= 4 is 30.7 Å². The SMILES string of the molecule is CCCCN(C)CC1CCN(C(=O)C2(N)CCCC2)CC1.Cl.Cl. The molecule has 2 N–H and O–H groups in total. The van der Waals surface area contributed by atoms with Gasteiger partial charge >= 0.3 is 0 Å². The first kappa shape index (κ1) is 23.0. The fourth-order valence-corrected chi connectivity index (χ4v) is 3.81. The predicted molar refractivity (Wildman–Crippen MR) is 102 cm³/mol. The van der Waals surface area contributed by atoms with Crippen LogP contribution in [0.25, 0.3) is 0 Å². The van der Waals surface area contributed by atoms with Crippen LogP contribution in [-0.4, -0.2) is 54.5 Å². The number of halogens is 2. The molecule has 23 heavy (non-hydrogen) atoms. The van der Waals surface area contributed by atoms with Crippen LogP contribution in [-0.2, 0) is 4.79 Å². The Labute approximate surface area is 154 Å². The number of carbonyl (C=O) groups excluding carboxylic acids is 1. The summed E-state index contributed by atoms with van der Waals surface area (Å²) >= 11 is 0. The van der Waals surface area contributed by atoms with Crippen molar-refractivity contribution in [2.75, 3.05) is 33.2 Å². The van der Waals surface area contributed by atoms with E-state index in [-0.39, 0.29) is 30.7 Å².